The Labute approximate surface area is 179 Å². The van der Waals surface area contributed by atoms with Crippen LogP contribution >= 0.6 is 0 Å². The van der Waals surface area contributed by atoms with Crippen LogP contribution < -0.4 is 10.6 Å². The molecule has 0 aliphatic carbocycles. The molecule has 9 heteroatoms. The van der Waals surface area contributed by atoms with Gasteiger partial charge in [-0.25, -0.2) is 4.79 Å². The molecule has 0 heterocycles. The highest BCUT2D eigenvalue weighted by atomic mass is 16.6. The molecule has 1 atom stereocenters. The number of carbonyl (C=O) groups excluding carboxylic acids is 3. The monoisotopic (exact) mass is 427 g/mol. The van der Waals surface area contributed by atoms with Crippen molar-refractivity contribution in [3.05, 3.63) is 69.3 Å². The molecule has 2 N–H and O–H groups in total. The molecule has 2 aromatic carbocycles. The van der Waals surface area contributed by atoms with Crippen LogP contribution in [0, 0.1) is 16.0 Å². The lowest BCUT2D eigenvalue weighted by atomic mass is 10.1. The normalized spacial score (nSPS) is 11.3. The number of esters is 1. The molecule has 0 fully saturated rings. The maximum atomic E-state index is 12.6. The lowest BCUT2D eigenvalue weighted by Crippen LogP contribution is -2.24. The molecule has 9 nitrogen and oxygen atoms in total. The van der Waals surface area contributed by atoms with E-state index in [1.165, 1.54) is 6.07 Å². The molecule has 0 radical (unpaired) electrons. The van der Waals surface area contributed by atoms with Gasteiger partial charge in [0.25, 0.3) is 11.6 Å². The fourth-order valence-electron chi connectivity index (χ4n) is 2.67. The number of anilines is 1. The number of non-ortho nitro benzene ring substituents is 1. The van der Waals surface area contributed by atoms with Gasteiger partial charge in [-0.1, -0.05) is 26.0 Å². The van der Waals surface area contributed by atoms with Crippen molar-refractivity contribution >= 4 is 29.2 Å². The molecule has 31 heavy (non-hydrogen) atoms. The van der Waals surface area contributed by atoms with Gasteiger partial charge >= 0.3 is 5.97 Å². The largest absolute Gasteiger partial charge is 0.462 e. The topological polar surface area (TPSA) is 128 Å². The molecule has 0 aliphatic rings. The molecule has 0 spiro atoms. The van der Waals surface area contributed by atoms with Crippen LogP contribution in [-0.4, -0.2) is 29.3 Å². The van der Waals surface area contributed by atoms with Crippen LogP contribution in [0.5, 0.6) is 0 Å². The maximum absolute atomic E-state index is 12.6. The van der Waals surface area contributed by atoms with Gasteiger partial charge in [-0.15, -0.1) is 0 Å². The molecule has 0 saturated heterocycles. The first-order chi connectivity index (χ1) is 14.7. The molecule has 2 rings (SSSR count). The summed E-state index contributed by atoms with van der Waals surface area (Å²) in [6.45, 7) is 5.61. The van der Waals surface area contributed by atoms with Crippen molar-refractivity contribution < 1.29 is 24.0 Å². The molecular formula is C22H25N3O6. The summed E-state index contributed by atoms with van der Waals surface area (Å²) < 4.78 is 4.87. The second kappa shape index (κ2) is 10.9. The van der Waals surface area contributed by atoms with E-state index in [-0.39, 0.29) is 41.8 Å². The number of nitro benzene ring substituents is 1. The summed E-state index contributed by atoms with van der Waals surface area (Å²) in [6, 6.07) is 10.4. The van der Waals surface area contributed by atoms with Crippen molar-refractivity contribution in [3.8, 4) is 0 Å². The van der Waals surface area contributed by atoms with Crippen LogP contribution in [0.4, 0.5) is 11.4 Å². The Bertz CT molecular complexity index is 989. The first-order valence-corrected chi connectivity index (χ1v) is 9.89. The Morgan fingerprint density at radius 2 is 1.81 bits per heavy atom. The summed E-state index contributed by atoms with van der Waals surface area (Å²) in [4.78, 5) is 47.1. The number of amides is 2. The fourth-order valence-corrected chi connectivity index (χ4v) is 2.67. The van der Waals surface area contributed by atoms with Crippen LogP contribution in [0.15, 0.2) is 42.5 Å². The van der Waals surface area contributed by atoms with E-state index in [2.05, 4.69) is 10.6 Å². The van der Waals surface area contributed by atoms with E-state index in [9.17, 15) is 24.5 Å². The zero-order valence-electron chi connectivity index (χ0n) is 17.6. The summed E-state index contributed by atoms with van der Waals surface area (Å²) in [5.74, 6) is -1.54. The molecular weight excluding hydrogens is 402 g/mol. The Morgan fingerprint density at radius 1 is 1.10 bits per heavy atom. The number of carbonyl (C=O) groups is 3. The number of nitrogens with one attached hydrogen (secondary N) is 2. The Morgan fingerprint density at radius 3 is 2.45 bits per heavy atom. The number of nitrogens with zero attached hydrogens (tertiary/aromatic N) is 1. The van der Waals surface area contributed by atoms with E-state index >= 15 is 0 Å². The van der Waals surface area contributed by atoms with Gasteiger partial charge in [0.1, 0.15) is 0 Å². The highest BCUT2D eigenvalue weighted by Gasteiger charge is 2.19. The standard InChI is InChI=1S/C22H25N3O6/c1-4-14(3)20(26)24-18-8-6-7-15(9-18)13-23-21(27)16-10-17(22(28)31-5-2)12-19(11-16)25(29)30/h6-12,14H,4-5,13H2,1-3H3,(H,23,27)(H,24,26). The van der Waals surface area contributed by atoms with E-state index in [0.29, 0.717) is 5.69 Å². The number of hydrogen-bond donors (Lipinski definition) is 2. The van der Waals surface area contributed by atoms with Crippen molar-refractivity contribution in [1.82, 2.24) is 5.32 Å². The maximum Gasteiger partial charge on any atom is 0.338 e. The molecule has 0 saturated carbocycles. The van der Waals surface area contributed by atoms with Crippen molar-refractivity contribution in [2.75, 3.05) is 11.9 Å². The fraction of sp³-hybridized carbons (Fsp3) is 0.318. The number of nitro groups is 1. The van der Waals surface area contributed by atoms with Gasteiger partial charge in [0, 0.05) is 35.8 Å². The van der Waals surface area contributed by atoms with E-state index in [0.717, 1.165) is 24.1 Å². The van der Waals surface area contributed by atoms with Gasteiger partial charge in [-0.2, -0.15) is 0 Å². The third-order valence-corrected chi connectivity index (χ3v) is 4.61. The van der Waals surface area contributed by atoms with Crippen LogP contribution in [0.1, 0.15) is 53.5 Å². The molecule has 2 amide bonds. The SMILES string of the molecule is CCOC(=O)c1cc(C(=O)NCc2cccc(NC(=O)C(C)CC)c2)cc([N+](=O)[O-])c1. The van der Waals surface area contributed by atoms with Gasteiger partial charge in [-0.05, 0) is 37.1 Å². The van der Waals surface area contributed by atoms with Gasteiger partial charge in [-0.3, -0.25) is 19.7 Å². The summed E-state index contributed by atoms with van der Waals surface area (Å²) in [7, 11) is 0. The highest BCUT2D eigenvalue weighted by molar-refractivity contribution is 5.99. The summed E-state index contributed by atoms with van der Waals surface area (Å²) in [6.07, 6.45) is 0.721. The lowest BCUT2D eigenvalue weighted by molar-refractivity contribution is -0.384. The minimum Gasteiger partial charge on any atom is -0.462 e. The third kappa shape index (κ3) is 6.63. The summed E-state index contributed by atoms with van der Waals surface area (Å²) >= 11 is 0. The highest BCUT2D eigenvalue weighted by Crippen LogP contribution is 2.19. The van der Waals surface area contributed by atoms with E-state index in [1.54, 1.807) is 31.2 Å². The first-order valence-electron chi connectivity index (χ1n) is 9.89. The summed E-state index contributed by atoms with van der Waals surface area (Å²) in [5.41, 5.74) is 0.850. The quantitative estimate of drug-likeness (QED) is 0.357. The lowest BCUT2D eigenvalue weighted by Gasteiger charge is -2.12. The van der Waals surface area contributed by atoms with Crippen LogP contribution in [0.2, 0.25) is 0 Å². The Kier molecular flexibility index (Phi) is 8.25. The third-order valence-electron chi connectivity index (χ3n) is 4.61. The van der Waals surface area contributed by atoms with Crippen molar-refractivity contribution in [1.29, 1.82) is 0 Å². The number of benzene rings is 2. The first kappa shape index (κ1) is 23.5. The molecule has 0 aromatic heterocycles. The molecule has 1 unspecified atom stereocenters. The predicted octanol–water partition coefficient (Wildman–Crippen LogP) is 3.69. The zero-order valence-corrected chi connectivity index (χ0v) is 17.6. The number of hydrogen-bond acceptors (Lipinski definition) is 6. The average molecular weight is 427 g/mol. The minimum absolute atomic E-state index is 0.0292. The zero-order chi connectivity index (χ0) is 23.0. The van der Waals surface area contributed by atoms with E-state index in [4.69, 9.17) is 4.74 Å². The molecule has 0 aliphatic heterocycles. The Balaban J connectivity index is 2.13. The van der Waals surface area contributed by atoms with Gasteiger partial charge in [0.15, 0.2) is 0 Å². The second-order valence-electron chi connectivity index (χ2n) is 6.93. The molecule has 2 aromatic rings. The van der Waals surface area contributed by atoms with Crippen LogP contribution in [0.25, 0.3) is 0 Å². The number of rotatable bonds is 9. The number of ether oxygens (including phenoxy) is 1. The predicted molar refractivity (Wildman–Crippen MR) is 115 cm³/mol. The van der Waals surface area contributed by atoms with E-state index in [1.807, 2.05) is 13.8 Å². The minimum atomic E-state index is -0.745. The summed E-state index contributed by atoms with van der Waals surface area (Å²) in [5, 5.41) is 16.7. The van der Waals surface area contributed by atoms with Crippen LogP contribution in [-0.2, 0) is 16.1 Å². The van der Waals surface area contributed by atoms with Gasteiger partial charge in [0.05, 0.1) is 17.1 Å². The van der Waals surface area contributed by atoms with Crippen molar-refractivity contribution in [2.24, 2.45) is 5.92 Å². The van der Waals surface area contributed by atoms with Crippen molar-refractivity contribution in [2.45, 2.75) is 33.7 Å². The van der Waals surface area contributed by atoms with Crippen molar-refractivity contribution in [3.63, 3.8) is 0 Å². The average Bonchev–Trinajstić information content (AvgIpc) is 2.76. The Hall–Kier alpha value is -3.75. The molecule has 164 valence electrons. The second-order valence-corrected chi connectivity index (χ2v) is 6.93. The van der Waals surface area contributed by atoms with E-state index < -0.39 is 16.8 Å². The van der Waals surface area contributed by atoms with Gasteiger partial charge in [0.2, 0.25) is 5.91 Å². The van der Waals surface area contributed by atoms with Gasteiger partial charge < -0.3 is 15.4 Å². The smallest absolute Gasteiger partial charge is 0.338 e. The molecule has 0 bridgehead atoms. The van der Waals surface area contributed by atoms with Crippen LogP contribution in [0.3, 0.4) is 0 Å².